The predicted octanol–water partition coefficient (Wildman–Crippen LogP) is 2.86. The summed E-state index contributed by atoms with van der Waals surface area (Å²) in [6.07, 6.45) is -4.84. The molecule has 16 heavy (non-hydrogen) atoms. The van der Waals surface area contributed by atoms with Crippen LogP contribution in [-0.4, -0.2) is 4.98 Å². The Labute approximate surface area is 91.5 Å². The van der Waals surface area contributed by atoms with Gasteiger partial charge in [-0.2, -0.15) is 13.2 Å². The van der Waals surface area contributed by atoms with Gasteiger partial charge in [0.25, 0.3) is 0 Å². The molecule has 0 radical (unpaired) electrons. The minimum absolute atomic E-state index is 0.0394. The zero-order chi connectivity index (χ0) is 11.9. The second-order valence-corrected chi connectivity index (χ2v) is 3.40. The van der Waals surface area contributed by atoms with Crippen LogP contribution in [0.4, 0.5) is 13.2 Å². The molecule has 0 aliphatic heterocycles. The average molecular weight is 250 g/mol. The second kappa shape index (κ2) is 3.48. The van der Waals surface area contributed by atoms with Crippen LogP contribution < -0.4 is 5.63 Å². The maximum Gasteiger partial charge on any atom is 0.440 e. The number of benzene rings is 1. The van der Waals surface area contributed by atoms with E-state index in [-0.39, 0.29) is 16.1 Å². The molecular formula is C9H3ClF3NO2. The number of fused-ring (bicyclic) bond motifs is 1. The molecule has 2 rings (SSSR count). The molecule has 0 bridgehead atoms. The van der Waals surface area contributed by atoms with E-state index in [2.05, 4.69) is 9.40 Å². The van der Waals surface area contributed by atoms with Gasteiger partial charge in [-0.05, 0) is 18.2 Å². The quantitative estimate of drug-likeness (QED) is 0.721. The fourth-order valence-electron chi connectivity index (χ4n) is 1.16. The van der Waals surface area contributed by atoms with E-state index >= 15 is 0 Å². The van der Waals surface area contributed by atoms with Crippen LogP contribution in [0.2, 0.25) is 5.02 Å². The van der Waals surface area contributed by atoms with E-state index in [4.69, 9.17) is 11.6 Å². The summed E-state index contributed by atoms with van der Waals surface area (Å²) in [5.74, 6) is 0. The van der Waals surface area contributed by atoms with Crippen LogP contribution in [0.25, 0.3) is 11.1 Å². The van der Waals surface area contributed by atoms with Crippen LogP contribution in [0.3, 0.4) is 0 Å². The molecule has 0 amide bonds. The summed E-state index contributed by atoms with van der Waals surface area (Å²) in [5, 5.41) is 0.210. The van der Waals surface area contributed by atoms with Gasteiger partial charge in [-0.15, -0.1) is 0 Å². The van der Waals surface area contributed by atoms with Crippen LogP contribution in [-0.2, 0) is 6.18 Å². The number of hydrogen-bond donors (Lipinski definition) is 0. The third kappa shape index (κ3) is 1.88. The molecule has 1 aromatic carbocycles. The Morgan fingerprint density at radius 3 is 2.62 bits per heavy atom. The highest BCUT2D eigenvalue weighted by atomic mass is 35.5. The van der Waals surface area contributed by atoms with Gasteiger partial charge < -0.3 is 4.42 Å². The first kappa shape index (κ1) is 10.9. The van der Waals surface area contributed by atoms with Gasteiger partial charge in [0.2, 0.25) is 5.69 Å². The van der Waals surface area contributed by atoms with E-state index in [1.165, 1.54) is 18.2 Å². The molecule has 1 aromatic heterocycles. The lowest BCUT2D eigenvalue weighted by Gasteiger charge is -2.04. The van der Waals surface area contributed by atoms with Crippen molar-refractivity contribution in [2.24, 2.45) is 0 Å². The zero-order valence-electron chi connectivity index (χ0n) is 7.51. The van der Waals surface area contributed by atoms with Crippen molar-refractivity contribution in [3.63, 3.8) is 0 Å². The van der Waals surface area contributed by atoms with Gasteiger partial charge in [0.15, 0.2) is 5.58 Å². The van der Waals surface area contributed by atoms with E-state index in [1.54, 1.807) is 0 Å². The molecule has 0 spiro atoms. The van der Waals surface area contributed by atoms with Crippen molar-refractivity contribution in [1.29, 1.82) is 0 Å². The van der Waals surface area contributed by atoms with Gasteiger partial charge in [0, 0.05) is 5.02 Å². The standard InChI is InChI=1S/C9H3ClF3NO2/c10-4-1-2-6-5(3-4)14-7(8(15)16-6)9(11,12)13/h1-3H. The Balaban J connectivity index is 2.79. The van der Waals surface area contributed by atoms with Crippen LogP contribution in [0.5, 0.6) is 0 Å². The van der Waals surface area contributed by atoms with Crippen molar-refractivity contribution in [2.45, 2.75) is 6.18 Å². The van der Waals surface area contributed by atoms with E-state index in [0.29, 0.717) is 0 Å². The molecule has 0 fully saturated rings. The Morgan fingerprint density at radius 1 is 1.31 bits per heavy atom. The lowest BCUT2D eigenvalue weighted by atomic mass is 10.3. The molecule has 84 valence electrons. The summed E-state index contributed by atoms with van der Waals surface area (Å²) in [7, 11) is 0. The highest BCUT2D eigenvalue weighted by Gasteiger charge is 2.37. The SMILES string of the molecule is O=c1oc2ccc(Cl)cc2nc1C(F)(F)F. The number of rotatable bonds is 0. The smallest absolute Gasteiger partial charge is 0.419 e. The van der Waals surface area contributed by atoms with Crippen molar-refractivity contribution < 1.29 is 17.6 Å². The van der Waals surface area contributed by atoms with Gasteiger partial charge in [0.1, 0.15) is 5.52 Å². The summed E-state index contributed by atoms with van der Waals surface area (Å²) in [6, 6.07) is 3.86. The van der Waals surface area contributed by atoms with Crippen molar-refractivity contribution in [3.8, 4) is 0 Å². The van der Waals surface area contributed by atoms with Crippen molar-refractivity contribution in [2.75, 3.05) is 0 Å². The van der Waals surface area contributed by atoms with E-state index in [1.807, 2.05) is 0 Å². The summed E-state index contributed by atoms with van der Waals surface area (Å²) in [4.78, 5) is 14.2. The normalized spacial score (nSPS) is 12.0. The zero-order valence-corrected chi connectivity index (χ0v) is 8.26. The Hall–Kier alpha value is -1.56. The molecule has 0 unspecified atom stereocenters. The van der Waals surface area contributed by atoms with Crippen molar-refractivity contribution in [3.05, 3.63) is 39.3 Å². The molecule has 0 aliphatic carbocycles. The largest absolute Gasteiger partial charge is 0.440 e. The van der Waals surface area contributed by atoms with Crippen LogP contribution >= 0.6 is 11.6 Å². The highest BCUT2D eigenvalue weighted by molar-refractivity contribution is 6.31. The molecule has 0 atom stereocenters. The highest BCUT2D eigenvalue weighted by Crippen LogP contribution is 2.26. The Bertz CT molecular complexity index is 606. The minimum Gasteiger partial charge on any atom is -0.419 e. The topological polar surface area (TPSA) is 43.1 Å². The van der Waals surface area contributed by atoms with Gasteiger partial charge in [-0.3, -0.25) is 0 Å². The number of nitrogens with zero attached hydrogens (tertiary/aromatic N) is 1. The third-order valence-corrected chi connectivity index (χ3v) is 2.05. The summed E-state index contributed by atoms with van der Waals surface area (Å²) in [5.41, 5.74) is -3.24. The molecular weight excluding hydrogens is 247 g/mol. The maximum atomic E-state index is 12.3. The first-order valence-electron chi connectivity index (χ1n) is 4.05. The van der Waals surface area contributed by atoms with E-state index in [9.17, 15) is 18.0 Å². The lowest BCUT2D eigenvalue weighted by molar-refractivity contribution is -0.143. The molecule has 0 N–H and O–H groups in total. The molecule has 0 aliphatic rings. The van der Waals surface area contributed by atoms with Crippen LogP contribution in [0.1, 0.15) is 5.69 Å². The number of hydrogen-bond acceptors (Lipinski definition) is 3. The summed E-state index contributed by atoms with van der Waals surface area (Å²) in [6.45, 7) is 0. The molecule has 7 heteroatoms. The predicted molar refractivity (Wildman–Crippen MR) is 50.3 cm³/mol. The van der Waals surface area contributed by atoms with Crippen LogP contribution in [0.15, 0.2) is 27.4 Å². The van der Waals surface area contributed by atoms with Gasteiger partial charge in [-0.1, -0.05) is 11.6 Å². The Morgan fingerprint density at radius 2 is 2.00 bits per heavy atom. The second-order valence-electron chi connectivity index (χ2n) is 2.96. The molecule has 3 nitrogen and oxygen atoms in total. The first-order valence-corrected chi connectivity index (χ1v) is 4.43. The number of aromatic nitrogens is 1. The van der Waals surface area contributed by atoms with Gasteiger partial charge in [-0.25, -0.2) is 9.78 Å². The molecule has 0 saturated carbocycles. The average Bonchev–Trinajstić information content (AvgIpc) is 2.16. The lowest BCUT2D eigenvalue weighted by Crippen LogP contribution is -2.20. The monoisotopic (exact) mass is 249 g/mol. The first-order chi connectivity index (χ1) is 7.38. The number of halogens is 4. The summed E-state index contributed by atoms with van der Waals surface area (Å²) < 4.78 is 41.4. The third-order valence-electron chi connectivity index (χ3n) is 1.82. The number of alkyl halides is 3. The maximum absolute atomic E-state index is 12.3. The van der Waals surface area contributed by atoms with Crippen LogP contribution in [0, 0.1) is 0 Å². The van der Waals surface area contributed by atoms with E-state index in [0.717, 1.165) is 0 Å². The fraction of sp³-hybridized carbons (Fsp3) is 0.111. The van der Waals surface area contributed by atoms with Crippen molar-refractivity contribution in [1.82, 2.24) is 4.98 Å². The minimum atomic E-state index is -4.84. The van der Waals surface area contributed by atoms with Crippen molar-refractivity contribution >= 4 is 22.7 Å². The molecule has 0 saturated heterocycles. The van der Waals surface area contributed by atoms with Gasteiger partial charge in [0.05, 0.1) is 0 Å². The van der Waals surface area contributed by atoms with E-state index < -0.39 is 17.5 Å². The van der Waals surface area contributed by atoms with Gasteiger partial charge >= 0.3 is 11.8 Å². The summed E-state index contributed by atoms with van der Waals surface area (Å²) >= 11 is 5.58. The molecule has 2 aromatic rings. The Kier molecular flexibility index (Phi) is 2.38. The fourth-order valence-corrected chi connectivity index (χ4v) is 1.32. The molecule has 1 heterocycles.